The van der Waals surface area contributed by atoms with Crippen molar-refractivity contribution in [3.05, 3.63) is 17.5 Å². The summed E-state index contributed by atoms with van der Waals surface area (Å²) in [6.07, 6.45) is 2.06. The van der Waals surface area contributed by atoms with Crippen LogP contribution in [0, 0.1) is 6.92 Å². The second-order valence-corrected chi connectivity index (χ2v) is 5.23. The third-order valence-corrected chi connectivity index (χ3v) is 3.66. The summed E-state index contributed by atoms with van der Waals surface area (Å²) in [7, 11) is 1.49. The van der Waals surface area contributed by atoms with E-state index in [2.05, 4.69) is 24.3 Å². The molecule has 1 rings (SSSR count). The lowest BCUT2D eigenvalue weighted by Gasteiger charge is -2.15. The number of hydrogen-bond acceptors (Lipinski definition) is 4. The van der Waals surface area contributed by atoms with Crippen molar-refractivity contribution in [1.82, 2.24) is 15.1 Å². The van der Waals surface area contributed by atoms with E-state index in [4.69, 9.17) is 9.84 Å². The zero-order valence-corrected chi connectivity index (χ0v) is 13.6. The highest BCUT2D eigenvalue weighted by Gasteiger charge is 2.23. The first-order chi connectivity index (χ1) is 10.4. The average molecular weight is 311 g/mol. The Morgan fingerprint density at radius 3 is 2.55 bits per heavy atom. The maximum absolute atomic E-state index is 12.2. The number of carboxylic acid groups (broad SMARTS) is 1. The first kappa shape index (κ1) is 18.2. The number of rotatable bonds is 9. The summed E-state index contributed by atoms with van der Waals surface area (Å²) in [5.74, 6) is -1.56. The number of methoxy groups -OCH3 is 1. The number of ether oxygens (including phenoxy) is 1. The molecule has 0 aliphatic rings. The number of carbonyl (C=O) groups excluding carboxylic acids is 1. The quantitative estimate of drug-likeness (QED) is 0.725. The van der Waals surface area contributed by atoms with E-state index in [-0.39, 0.29) is 24.8 Å². The number of carbonyl (C=O) groups is 2. The van der Waals surface area contributed by atoms with Crippen LogP contribution in [0.2, 0.25) is 0 Å². The Kier molecular flexibility index (Phi) is 7.04. The molecule has 1 unspecified atom stereocenters. The molecule has 22 heavy (non-hydrogen) atoms. The van der Waals surface area contributed by atoms with Gasteiger partial charge >= 0.3 is 5.97 Å². The van der Waals surface area contributed by atoms with Crippen molar-refractivity contribution < 1.29 is 19.4 Å². The van der Waals surface area contributed by atoms with E-state index in [9.17, 15) is 9.59 Å². The van der Waals surface area contributed by atoms with Gasteiger partial charge in [-0.1, -0.05) is 13.8 Å². The molecular formula is C15H25N3O4. The normalized spacial score (nSPS) is 12.4. The molecule has 1 heterocycles. The van der Waals surface area contributed by atoms with E-state index in [0.29, 0.717) is 0 Å². The fourth-order valence-corrected chi connectivity index (χ4v) is 2.33. The number of aromatic nitrogens is 2. The topological polar surface area (TPSA) is 93.5 Å². The summed E-state index contributed by atoms with van der Waals surface area (Å²) in [6, 6.07) is 0.944. The average Bonchev–Trinajstić information content (AvgIpc) is 2.86. The maximum Gasteiger partial charge on any atom is 0.326 e. The van der Waals surface area contributed by atoms with Crippen molar-refractivity contribution in [3.8, 4) is 0 Å². The van der Waals surface area contributed by atoms with E-state index < -0.39 is 17.9 Å². The van der Waals surface area contributed by atoms with Gasteiger partial charge in [0, 0.05) is 25.8 Å². The first-order valence-electron chi connectivity index (χ1n) is 7.53. The Bertz CT molecular complexity index is 509. The standard InChI is InChI=1S/C15H25N3O4/c1-5-11(6-2)18-10(3)9-13(17-18)14(19)16-12(15(20)21)7-8-22-4/h9,11-12H,5-8H2,1-4H3,(H,16,19)(H,20,21). The Morgan fingerprint density at radius 2 is 2.05 bits per heavy atom. The zero-order chi connectivity index (χ0) is 16.7. The Balaban J connectivity index is 2.84. The van der Waals surface area contributed by atoms with Crippen LogP contribution >= 0.6 is 0 Å². The number of nitrogens with one attached hydrogen (secondary N) is 1. The largest absolute Gasteiger partial charge is 0.480 e. The summed E-state index contributed by atoms with van der Waals surface area (Å²) >= 11 is 0. The van der Waals surface area contributed by atoms with Gasteiger partial charge in [0.05, 0.1) is 6.04 Å². The predicted molar refractivity (Wildman–Crippen MR) is 82.0 cm³/mol. The number of carboxylic acids is 1. The van der Waals surface area contributed by atoms with Gasteiger partial charge in [-0.05, 0) is 25.8 Å². The molecule has 0 aromatic carbocycles. The molecular weight excluding hydrogens is 286 g/mol. The smallest absolute Gasteiger partial charge is 0.326 e. The van der Waals surface area contributed by atoms with Crippen molar-refractivity contribution in [2.45, 2.75) is 52.1 Å². The van der Waals surface area contributed by atoms with Crippen LogP contribution in [0.15, 0.2) is 6.07 Å². The highest BCUT2D eigenvalue weighted by molar-refractivity contribution is 5.95. The fourth-order valence-electron chi connectivity index (χ4n) is 2.33. The van der Waals surface area contributed by atoms with Crippen LogP contribution in [-0.2, 0) is 9.53 Å². The molecule has 0 fully saturated rings. The van der Waals surface area contributed by atoms with Crippen LogP contribution in [0.25, 0.3) is 0 Å². The second-order valence-electron chi connectivity index (χ2n) is 5.23. The molecule has 1 amide bonds. The second kappa shape index (κ2) is 8.53. The van der Waals surface area contributed by atoms with Gasteiger partial charge in [-0.3, -0.25) is 9.48 Å². The fraction of sp³-hybridized carbons (Fsp3) is 0.667. The lowest BCUT2D eigenvalue weighted by molar-refractivity contribution is -0.139. The number of amides is 1. The molecule has 1 aromatic rings. The van der Waals surface area contributed by atoms with Crippen molar-refractivity contribution in [2.24, 2.45) is 0 Å². The zero-order valence-electron chi connectivity index (χ0n) is 13.6. The molecule has 0 saturated heterocycles. The summed E-state index contributed by atoms with van der Waals surface area (Å²) in [5, 5.41) is 15.9. The number of hydrogen-bond donors (Lipinski definition) is 2. The first-order valence-corrected chi connectivity index (χ1v) is 7.53. The molecule has 1 aromatic heterocycles. The summed E-state index contributed by atoms with van der Waals surface area (Å²) in [5.41, 5.74) is 1.13. The third kappa shape index (κ3) is 4.56. The van der Waals surface area contributed by atoms with Crippen LogP contribution in [0.1, 0.15) is 55.3 Å². The molecule has 124 valence electrons. The van der Waals surface area contributed by atoms with E-state index in [0.717, 1.165) is 18.5 Å². The van der Waals surface area contributed by atoms with Crippen LogP contribution in [0.3, 0.4) is 0 Å². The Labute approximate surface area is 130 Å². The van der Waals surface area contributed by atoms with Gasteiger partial charge in [-0.2, -0.15) is 5.10 Å². The molecule has 0 aliphatic heterocycles. The third-order valence-electron chi connectivity index (χ3n) is 3.66. The monoisotopic (exact) mass is 311 g/mol. The van der Waals surface area contributed by atoms with Gasteiger partial charge in [0.15, 0.2) is 0 Å². The van der Waals surface area contributed by atoms with Gasteiger partial charge < -0.3 is 15.2 Å². The van der Waals surface area contributed by atoms with E-state index in [1.807, 2.05) is 11.6 Å². The minimum absolute atomic E-state index is 0.212. The Hall–Kier alpha value is -1.89. The maximum atomic E-state index is 12.2. The van der Waals surface area contributed by atoms with E-state index in [1.165, 1.54) is 7.11 Å². The van der Waals surface area contributed by atoms with Gasteiger partial charge in [-0.15, -0.1) is 0 Å². The summed E-state index contributed by atoms with van der Waals surface area (Å²) in [4.78, 5) is 23.3. The highest BCUT2D eigenvalue weighted by Crippen LogP contribution is 2.18. The molecule has 7 heteroatoms. The molecule has 0 aliphatic carbocycles. The SMILES string of the molecule is CCC(CC)n1nc(C(=O)NC(CCOC)C(=O)O)cc1C. The predicted octanol–water partition coefficient (Wildman–Crippen LogP) is 1.77. The van der Waals surface area contributed by atoms with Crippen molar-refractivity contribution >= 4 is 11.9 Å². The van der Waals surface area contributed by atoms with Crippen LogP contribution in [0.5, 0.6) is 0 Å². The van der Waals surface area contributed by atoms with Crippen molar-refractivity contribution in [2.75, 3.05) is 13.7 Å². The number of aliphatic carboxylic acids is 1. The van der Waals surface area contributed by atoms with Crippen molar-refractivity contribution in [1.29, 1.82) is 0 Å². The number of nitrogens with zero attached hydrogens (tertiary/aromatic N) is 2. The van der Waals surface area contributed by atoms with Crippen LogP contribution in [0.4, 0.5) is 0 Å². The van der Waals surface area contributed by atoms with Gasteiger partial charge in [0.2, 0.25) is 0 Å². The highest BCUT2D eigenvalue weighted by atomic mass is 16.5. The minimum Gasteiger partial charge on any atom is -0.480 e. The Morgan fingerprint density at radius 1 is 1.41 bits per heavy atom. The minimum atomic E-state index is -1.08. The molecule has 7 nitrogen and oxygen atoms in total. The van der Waals surface area contributed by atoms with Crippen LogP contribution in [-0.4, -0.2) is 46.5 Å². The number of aryl methyl sites for hydroxylation is 1. The molecule has 1 atom stereocenters. The van der Waals surface area contributed by atoms with Gasteiger partial charge in [-0.25, -0.2) is 4.79 Å². The van der Waals surface area contributed by atoms with E-state index in [1.54, 1.807) is 6.07 Å². The van der Waals surface area contributed by atoms with Crippen LogP contribution < -0.4 is 5.32 Å². The lowest BCUT2D eigenvalue weighted by Crippen LogP contribution is -2.41. The van der Waals surface area contributed by atoms with Crippen molar-refractivity contribution in [3.63, 3.8) is 0 Å². The molecule has 2 N–H and O–H groups in total. The van der Waals surface area contributed by atoms with E-state index >= 15 is 0 Å². The van der Waals surface area contributed by atoms with Gasteiger partial charge in [0.25, 0.3) is 5.91 Å². The molecule has 0 spiro atoms. The molecule has 0 radical (unpaired) electrons. The summed E-state index contributed by atoms with van der Waals surface area (Å²) in [6.45, 7) is 6.29. The summed E-state index contributed by atoms with van der Waals surface area (Å²) < 4.78 is 6.69. The molecule has 0 saturated carbocycles. The lowest BCUT2D eigenvalue weighted by atomic mass is 10.2. The molecule has 0 bridgehead atoms. The van der Waals surface area contributed by atoms with Gasteiger partial charge in [0.1, 0.15) is 11.7 Å².